The van der Waals surface area contributed by atoms with Gasteiger partial charge in [0.1, 0.15) is 12.2 Å². The third-order valence-electron chi connectivity index (χ3n) is 3.28. The number of nitrogens with zero attached hydrogens (tertiary/aromatic N) is 4. The van der Waals surface area contributed by atoms with E-state index < -0.39 is 0 Å². The lowest BCUT2D eigenvalue weighted by Crippen LogP contribution is -2.19. The highest BCUT2D eigenvalue weighted by molar-refractivity contribution is 5.34. The van der Waals surface area contributed by atoms with Crippen LogP contribution in [0.4, 0.5) is 5.69 Å². The molecule has 2 aromatic rings. The minimum Gasteiger partial charge on any atom is -0.307 e. The molecule has 0 aliphatic heterocycles. The summed E-state index contributed by atoms with van der Waals surface area (Å²) in [6, 6.07) is 7.21. The van der Waals surface area contributed by atoms with Crippen molar-refractivity contribution in [1.82, 2.24) is 20.1 Å². The Morgan fingerprint density at radius 3 is 3.05 bits per heavy atom. The number of hydrogen-bond acceptors (Lipinski definition) is 5. The summed E-state index contributed by atoms with van der Waals surface area (Å²) >= 11 is 0. The monoisotopic (exact) mass is 273 g/mol. The van der Waals surface area contributed by atoms with Crippen LogP contribution in [0, 0.1) is 10.1 Å². The van der Waals surface area contributed by atoms with Crippen LogP contribution in [0.25, 0.3) is 0 Å². The van der Waals surface area contributed by atoms with Gasteiger partial charge in [-0.15, -0.1) is 0 Å². The number of nitro groups is 1. The Hall–Kier alpha value is -2.28. The summed E-state index contributed by atoms with van der Waals surface area (Å²) in [6.07, 6.45) is 3.96. The van der Waals surface area contributed by atoms with Crippen molar-refractivity contribution < 1.29 is 4.92 Å². The Bertz CT molecular complexity index is 621. The molecule has 104 valence electrons. The van der Waals surface area contributed by atoms with Gasteiger partial charge in [-0.25, -0.2) is 9.67 Å². The maximum atomic E-state index is 10.8. The normalized spacial score (nSPS) is 14.4. The van der Waals surface area contributed by atoms with E-state index in [1.54, 1.807) is 16.8 Å². The van der Waals surface area contributed by atoms with Crippen molar-refractivity contribution in [3.05, 3.63) is 52.1 Å². The molecular weight excluding hydrogens is 258 g/mol. The van der Waals surface area contributed by atoms with Crippen LogP contribution in [0.3, 0.4) is 0 Å². The minimum atomic E-state index is -0.388. The minimum absolute atomic E-state index is 0.0975. The lowest BCUT2D eigenvalue weighted by molar-refractivity contribution is -0.384. The molecule has 0 amide bonds. The molecule has 0 atom stereocenters. The van der Waals surface area contributed by atoms with Crippen LogP contribution in [0.1, 0.15) is 24.2 Å². The van der Waals surface area contributed by atoms with E-state index in [2.05, 4.69) is 15.4 Å². The molecule has 0 saturated heterocycles. The number of hydrogen-bond donors (Lipinski definition) is 1. The fraction of sp³-hybridized carbons (Fsp3) is 0.385. The van der Waals surface area contributed by atoms with Crippen molar-refractivity contribution in [2.75, 3.05) is 0 Å². The zero-order valence-electron chi connectivity index (χ0n) is 10.9. The first kappa shape index (κ1) is 12.7. The zero-order valence-corrected chi connectivity index (χ0v) is 10.9. The van der Waals surface area contributed by atoms with Crippen molar-refractivity contribution >= 4 is 5.69 Å². The van der Waals surface area contributed by atoms with E-state index in [9.17, 15) is 10.1 Å². The molecule has 1 aromatic carbocycles. The Morgan fingerprint density at radius 1 is 1.45 bits per heavy atom. The number of aromatic nitrogens is 3. The second-order valence-electron chi connectivity index (χ2n) is 4.92. The smallest absolute Gasteiger partial charge is 0.269 e. The molecule has 1 aliphatic carbocycles. The molecule has 1 N–H and O–H groups in total. The number of non-ortho nitro benzene ring substituents is 1. The van der Waals surface area contributed by atoms with Gasteiger partial charge >= 0.3 is 0 Å². The van der Waals surface area contributed by atoms with Crippen LogP contribution in [0.15, 0.2) is 30.6 Å². The van der Waals surface area contributed by atoms with E-state index in [0.717, 1.165) is 11.4 Å². The molecule has 7 nitrogen and oxygen atoms in total. The summed E-state index contributed by atoms with van der Waals surface area (Å²) in [5.74, 6) is 0.850. The zero-order chi connectivity index (χ0) is 13.9. The topological polar surface area (TPSA) is 85.9 Å². The molecule has 1 fully saturated rings. The van der Waals surface area contributed by atoms with Gasteiger partial charge in [0.2, 0.25) is 0 Å². The van der Waals surface area contributed by atoms with Crippen molar-refractivity contribution in [2.45, 2.75) is 32.0 Å². The third-order valence-corrected chi connectivity index (χ3v) is 3.28. The summed E-state index contributed by atoms with van der Waals surface area (Å²) < 4.78 is 1.77. The van der Waals surface area contributed by atoms with Gasteiger partial charge in [0.25, 0.3) is 5.69 Å². The highest BCUT2D eigenvalue weighted by Crippen LogP contribution is 2.19. The second kappa shape index (κ2) is 5.38. The second-order valence-corrected chi connectivity index (χ2v) is 4.92. The SMILES string of the molecule is O=[N+]([O-])c1cccc(Cn2ncnc2CNC2CC2)c1. The quantitative estimate of drug-likeness (QED) is 0.636. The number of nitro benzene ring substituents is 1. The van der Waals surface area contributed by atoms with Crippen LogP contribution in [0.5, 0.6) is 0 Å². The molecule has 1 heterocycles. The lowest BCUT2D eigenvalue weighted by Gasteiger charge is -2.07. The maximum absolute atomic E-state index is 10.8. The summed E-state index contributed by atoms with van der Waals surface area (Å²) in [5, 5.41) is 18.3. The van der Waals surface area contributed by atoms with Gasteiger partial charge in [0, 0.05) is 18.2 Å². The molecule has 20 heavy (non-hydrogen) atoms. The van der Waals surface area contributed by atoms with Crippen molar-refractivity contribution in [3.63, 3.8) is 0 Å². The summed E-state index contributed by atoms with van der Waals surface area (Å²) in [6.45, 7) is 1.17. The van der Waals surface area contributed by atoms with Gasteiger partial charge in [-0.2, -0.15) is 5.10 Å². The average Bonchev–Trinajstić information content (AvgIpc) is 3.17. The van der Waals surface area contributed by atoms with Gasteiger partial charge in [0.15, 0.2) is 0 Å². The Labute approximate surface area is 115 Å². The Kier molecular flexibility index (Phi) is 3.42. The molecule has 0 bridgehead atoms. The number of nitrogens with one attached hydrogen (secondary N) is 1. The first-order chi connectivity index (χ1) is 9.72. The third kappa shape index (κ3) is 3.00. The highest BCUT2D eigenvalue weighted by atomic mass is 16.6. The number of rotatable bonds is 6. The van der Waals surface area contributed by atoms with E-state index in [1.165, 1.54) is 25.2 Å². The molecule has 1 aromatic heterocycles. The van der Waals surface area contributed by atoms with Crippen molar-refractivity contribution in [2.24, 2.45) is 0 Å². The summed E-state index contributed by atoms with van der Waals surface area (Å²) in [4.78, 5) is 14.6. The molecule has 7 heteroatoms. The fourth-order valence-corrected chi connectivity index (χ4v) is 2.02. The molecule has 1 saturated carbocycles. The highest BCUT2D eigenvalue weighted by Gasteiger charge is 2.21. The molecule has 3 rings (SSSR count). The van der Waals surface area contributed by atoms with E-state index in [-0.39, 0.29) is 10.6 Å². The van der Waals surface area contributed by atoms with Gasteiger partial charge < -0.3 is 5.32 Å². The maximum Gasteiger partial charge on any atom is 0.269 e. The molecule has 0 spiro atoms. The van der Waals surface area contributed by atoms with Gasteiger partial charge in [-0.3, -0.25) is 10.1 Å². The van der Waals surface area contributed by atoms with E-state index >= 15 is 0 Å². The first-order valence-corrected chi connectivity index (χ1v) is 6.56. The van der Waals surface area contributed by atoms with Crippen LogP contribution in [0.2, 0.25) is 0 Å². The summed E-state index contributed by atoms with van der Waals surface area (Å²) in [7, 11) is 0. The Balaban J connectivity index is 1.71. The van der Waals surface area contributed by atoms with E-state index in [1.807, 2.05) is 6.07 Å². The number of benzene rings is 1. The van der Waals surface area contributed by atoms with Gasteiger partial charge in [0.05, 0.1) is 18.0 Å². The van der Waals surface area contributed by atoms with Gasteiger partial charge in [-0.05, 0) is 18.4 Å². The summed E-state index contributed by atoms with van der Waals surface area (Å²) in [5.41, 5.74) is 0.942. The van der Waals surface area contributed by atoms with Crippen LogP contribution in [-0.4, -0.2) is 25.7 Å². The fourth-order valence-electron chi connectivity index (χ4n) is 2.02. The van der Waals surface area contributed by atoms with Crippen LogP contribution < -0.4 is 5.32 Å². The molecule has 1 aliphatic rings. The lowest BCUT2D eigenvalue weighted by atomic mass is 10.2. The molecular formula is C13H15N5O2. The van der Waals surface area contributed by atoms with E-state index in [0.29, 0.717) is 19.1 Å². The average molecular weight is 273 g/mol. The van der Waals surface area contributed by atoms with Gasteiger partial charge in [-0.1, -0.05) is 12.1 Å². The van der Waals surface area contributed by atoms with Crippen LogP contribution in [-0.2, 0) is 13.1 Å². The van der Waals surface area contributed by atoms with Crippen LogP contribution >= 0.6 is 0 Å². The largest absolute Gasteiger partial charge is 0.307 e. The first-order valence-electron chi connectivity index (χ1n) is 6.56. The van der Waals surface area contributed by atoms with Crippen molar-refractivity contribution in [3.8, 4) is 0 Å². The molecule has 0 unspecified atom stereocenters. The predicted molar refractivity (Wildman–Crippen MR) is 72.1 cm³/mol. The van der Waals surface area contributed by atoms with E-state index in [4.69, 9.17) is 0 Å². The predicted octanol–water partition coefficient (Wildman–Crippen LogP) is 1.49. The molecule has 0 radical (unpaired) electrons. The Morgan fingerprint density at radius 2 is 2.30 bits per heavy atom. The van der Waals surface area contributed by atoms with Crippen molar-refractivity contribution in [1.29, 1.82) is 0 Å². The standard InChI is InChI=1S/C13H15N5O2/c19-18(20)12-3-1-2-10(6-12)8-17-13(15-9-16-17)7-14-11-4-5-11/h1-3,6,9,11,14H,4-5,7-8H2.